The van der Waals surface area contributed by atoms with Crippen molar-refractivity contribution in [3.8, 4) is 0 Å². The number of rotatable bonds is 6. The predicted octanol–water partition coefficient (Wildman–Crippen LogP) is 5.33. The molecule has 1 aromatic carbocycles. The van der Waals surface area contributed by atoms with Crippen LogP contribution in [0.5, 0.6) is 0 Å². The molecule has 0 radical (unpaired) electrons. The van der Waals surface area contributed by atoms with E-state index in [-0.39, 0.29) is 40.6 Å². The van der Waals surface area contributed by atoms with Crippen LogP contribution in [0.1, 0.15) is 43.0 Å². The topological polar surface area (TPSA) is 42.0 Å². The lowest BCUT2D eigenvalue weighted by atomic mass is 9.35. The summed E-state index contributed by atoms with van der Waals surface area (Å²) in [5.74, 6) is 0.134. The fraction of sp³-hybridized carbons (Fsp3) is 0.455. The second-order valence-corrected chi connectivity index (χ2v) is 8.62. The number of hydrogen-bond donors (Lipinski definition) is 1. The van der Waals surface area contributed by atoms with Gasteiger partial charge in [-0.15, -0.1) is 0 Å². The van der Waals surface area contributed by atoms with Gasteiger partial charge in [0, 0.05) is 17.9 Å². The molecule has 7 heteroatoms. The Kier molecular flexibility index (Phi) is 4.48. The van der Waals surface area contributed by atoms with Crippen LogP contribution in [0.4, 0.5) is 23.4 Å². The summed E-state index contributed by atoms with van der Waals surface area (Å²) in [6, 6.07) is 8.39. The van der Waals surface area contributed by atoms with E-state index in [1.807, 2.05) is 6.92 Å². The zero-order chi connectivity index (χ0) is 21.0. The number of pyridine rings is 1. The highest BCUT2D eigenvalue weighted by molar-refractivity contribution is 5.84. The van der Waals surface area contributed by atoms with Gasteiger partial charge in [0.1, 0.15) is 17.4 Å². The van der Waals surface area contributed by atoms with Crippen LogP contribution in [0, 0.1) is 24.1 Å². The van der Waals surface area contributed by atoms with E-state index < -0.39 is 11.7 Å². The van der Waals surface area contributed by atoms with Crippen molar-refractivity contribution >= 4 is 11.6 Å². The van der Waals surface area contributed by atoms with Gasteiger partial charge in [-0.2, -0.15) is 13.2 Å². The molecule has 0 aliphatic heterocycles. The van der Waals surface area contributed by atoms with Crippen LogP contribution in [0.25, 0.3) is 0 Å². The number of hydrogen-bond acceptors (Lipinski definition) is 3. The van der Waals surface area contributed by atoms with Gasteiger partial charge in [0.25, 0.3) is 0 Å². The molecule has 3 nitrogen and oxygen atoms in total. The number of aryl methyl sites for hydroxylation is 1. The summed E-state index contributed by atoms with van der Waals surface area (Å²) in [5.41, 5.74) is -0.204. The van der Waals surface area contributed by atoms with Gasteiger partial charge in [-0.25, -0.2) is 9.37 Å². The average molecular weight is 406 g/mol. The fourth-order valence-corrected chi connectivity index (χ4v) is 4.96. The molecule has 5 rings (SSSR count). The smallest absolute Gasteiger partial charge is 0.365 e. The summed E-state index contributed by atoms with van der Waals surface area (Å²) in [5, 5.41) is 3.28. The second kappa shape index (κ2) is 6.54. The fourth-order valence-electron chi connectivity index (χ4n) is 4.96. The Balaban J connectivity index is 1.36. The van der Waals surface area contributed by atoms with Gasteiger partial charge in [0.15, 0.2) is 0 Å². The average Bonchev–Trinajstić information content (AvgIpc) is 2.57. The number of Topliss-reactive ketones (excluding diaryl/α,β-unsaturated/α-hetero) is 1. The third-order valence-corrected chi connectivity index (χ3v) is 6.55. The summed E-state index contributed by atoms with van der Waals surface area (Å²) in [7, 11) is 0. The molecule has 1 atom stereocenters. The first-order valence-electron chi connectivity index (χ1n) is 9.62. The standard InChI is InChI=1S/C22H22F4N2O/c1-13(18(29)9-15-3-5-16(23)6-4-15)20-10-21(11-20,12-20)28-19-8-7-17(14(2)27-19)22(24,25)26/h3-8,13H,9-12H2,1-2H3,(H,27,28). The van der Waals surface area contributed by atoms with E-state index >= 15 is 0 Å². The number of benzene rings is 1. The maximum absolute atomic E-state index is 13.0. The van der Waals surface area contributed by atoms with Gasteiger partial charge in [-0.3, -0.25) is 4.79 Å². The summed E-state index contributed by atoms with van der Waals surface area (Å²) < 4.78 is 51.7. The number of ketones is 1. The number of alkyl halides is 3. The highest BCUT2D eigenvalue weighted by atomic mass is 19.4. The zero-order valence-electron chi connectivity index (χ0n) is 16.2. The first kappa shape index (κ1) is 19.9. The maximum atomic E-state index is 13.0. The molecule has 154 valence electrons. The lowest BCUT2D eigenvalue weighted by molar-refractivity contribution is -0.167. The molecule has 1 aromatic heterocycles. The van der Waals surface area contributed by atoms with Crippen molar-refractivity contribution in [3.05, 3.63) is 59.0 Å². The molecule has 1 N–H and O–H groups in total. The molecular weight excluding hydrogens is 384 g/mol. The number of nitrogens with one attached hydrogen (secondary N) is 1. The minimum absolute atomic E-state index is 0.0494. The van der Waals surface area contributed by atoms with E-state index in [4.69, 9.17) is 0 Å². The number of halogens is 4. The van der Waals surface area contributed by atoms with E-state index in [2.05, 4.69) is 10.3 Å². The molecule has 29 heavy (non-hydrogen) atoms. The minimum Gasteiger partial charge on any atom is -0.365 e. The Morgan fingerprint density at radius 2 is 1.76 bits per heavy atom. The molecule has 2 bridgehead atoms. The first-order chi connectivity index (χ1) is 13.5. The van der Waals surface area contributed by atoms with Crippen LogP contribution in [-0.2, 0) is 17.4 Å². The van der Waals surface area contributed by atoms with Crippen LogP contribution in [0.15, 0.2) is 36.4 Å². The zero-order valence-corrected chi connectivity index (χ0v) is 16.2. The van der Waals surface area contributed by atoms with Crippen molar-refractivity contribution in [2.45, 2.75) is 51.2 Å². The highest BCUT2D eigenvalue weighted by Crippen LogP contribution is 2.71. The van der Waals surface area contributed by atoms with E-state index in [1.165, 1.54) is 25.1 Å². The Morgan fingerprint density at radius 3 is 2.31 bits per heavy atom. The summed E-state index contributed by atoms with van der Waals surface area (Å²) in [4.78, 5) is 16.7. The Bertz CT molecular complexity index is 933. The van der Waals surface area contributed by atoms with Gasteiger partial charge in [0.05, 0.1) is 11.3 Å². The molecule has 2 aromatic rings. The first-order valence-corrected chi connectivity index (χ1v) is 9.62. The van der Waals surface area contributed by atoms with Crippen LogP contribution < -0.4 is 5.32 Å². The van der Waals surface area contributed by atoms with Crippen molar-refractivity contribution in [1.29, 1.82) is 0 Å². The van der Waals surface area contributed by atoms with Crippen LogP contribution in [-0.4, -0.2) is 16.3 Å². The Labute approximate surface area is 166 Å². The van der Waals surface area contributed by atoms with E-state index in [9.17, 15) is 22.4 Å². The van der Waals surface area contributed by atoms with Crippen LogP contribution >= 0.6 is 0 Å². The molecule has 3 saturated carbocycles. The summed E-state index contributed by atoms with van der Waals surface area (Å²) >= 11 is 0. The van der Waals surface area contributed by atoms with Gasteiger partial charge in [-0.1, -0.05) is 19.1 Å². The van der Waals surface area contributed by atoms with Crippen molar-refractivity contribution < 1.29 is 22.4 Å². The number of carbonyl (C=O) groups excluding carboxylic acids is 1. The van der Waals surface area contributed by atoms with Crippen molar-refractivity contribution in [2.75, 3.05) is 5.32 Å². The SMILES string of the molecule is Cc1nc(NC23CC(C(C)C(=O)Cc4ccc(F)cc4)(C2)C3)ccc1C(F)(F)F. The second-order valence-electron chi connectivity index (χ2n) is 8.62. The minimum atomic E-state index is -4.41. The van der Waals surface area contributed by atoms with Gasteiger partial charge >= 0.3 is 6.18 Å². The van der Waals surface area contributed by atoms with Crippen LogP contribution in [0.3, 0.4) is 0 Å². The normalized spacial score (nSPS) is 26.3. The molecule has 0 amide bonds. The maximum Gasteiger partial charge on any atom is 0.418 e. The number of nitrogens with zero attached hydrogens (tertiary/aromatic N) is 1. The lowest BCUT2D eigenvalue weighted by Gasteiger charge is -2.72. The Hall–Kier alpha value is -2.44. The highest BCUT2D eigenvalue weighted by Gasteiger charge is 2.70. The van der Waals surface area contributed by atoms with E-state index in [1.54, 1.807) is 12.1 Å². The van der Waals surface area contributed by atoms with Gasteiger partial charge in [-0.05, 0) is 61.4 Å². The largest absolute Gasteiger partial charge is 0.418 e. The monoisotopic (exact) mass is 406 g/mol. The molecule has 1 unspecified atom stereocenters. The van der Waals surface area contributed by atoms with E-state index in [0.29, 0.717) is 5.82 Å². The quantitative estimate of drug-likeness (QED) is 0.660. The molecule has 3 aliphatic rings. The lowest BCUT2D eigenvalue weighted by Crippen LogP contribution is -2.73. The summed E-state index contributed by atoms with van der Waals surface area (Å²) in [6.07, 6.45) is -1.71. The number of aromatic nitrogens is 1. The molecule has 1 heterocycles. The van der Waals surface area contributed by atoms with Gasteiger partial charge in [0.2, 0.25) is 0 Å². The summed E-state index contributed by atoms with van der Waals surface area (Å²) in [6.45, 7) is 3.29. The van der Waals surface area contributed by atoms with Gasteiger partial charge < -0.3 is 5.32 Å². The molecule has 0 spiro atoms. The van der Waals surface area contributed by atoms with Crippen LogP contribution in [0.2, 0.25) is 0 Å². The third kappa shape index (κ3) is 3.51. The third-order valence-electron chi connectivity index (χ3n) is 6.55. The molecule has 3 aliphatic carbocycles. The molecule has 3 fully saturated rings. The molecular formula is C22H22F4N2O. The Morgan fingerprint density at radius 1 is 1.14 bits per heavy atom. The number of carbonyl (C=O) groups is 1. The van der Waals surface area contributed by atoms with E-state index in [0.717, 1.165) is 30.9 Å². The van der Waals surface area contributed by atoms with Crippen molar-refractivity contribution in [3.63, 3.8) is 0 Å². The van der Waals surface area contributed by atoms with Crippen molar-refractivity contribution in [2.24, 2.45) is 11.3 Å². The predicted molar refractivity (Wildman–Crippen MR) is 101 cm³/mol. The molecule has 0 saturated heterocycles. The number of anilines is 1. The van der Waals surface area contributed by atoms with Crippen molar-refractivity contribution in [1.82, 2.24) is 4.98 Å².